The molecule has 4 aromatic rings. The third kappa shape index (κ3) is 3.75. The smallest absolute Gasteiger partial charge is 0.355 e. The van der Waals surface area contributed by atoms with E-state index in [0.29, 0.717) is 22.0 Å². The Hall–Kier alpha value is -3.94. The zero-order chi connectivity index (χ0) is 22.8. The van der Waals surface area contributed by atoms with Crippen molar-refractivity contribution in [3.63, 3.8) is 0 Å². The maximum absolute atomic E-state index is 14.5. The molecule has 8 heteroatoms. The van der Waals surface area contributed by atoms with Gasteiger partial charge in [-0.2, -0.15) is 0 Å². The molecule has 2 aromatic carbocycles. The van der Waals surface area contributed by atoms with Crippen LogP contribution in [0.5, 0.6) is 11.6 Å². The summed E-state index contributed by atoms with van der Waals surface area (Å²) in [5.41, 5.74) is 1.82. The van der Waals surface area contributed by atoms with Gasteiger partial charge in [0.1, 0.15) is 23.1 Å². The summed E-state index contributed by atoms with van der Waals surface area (Å²) in [4.78, 5) is 17.3. The molecule has 0 fully saturated rings. The van der Waals surface area contributed by atoms with Gasteiger partial charge < -0.3 is 19.1 Å². The van der Waals surface area contributed by atoms with E-state index in [1.54, 1.807) is 35.9 Å². The summed E-state index contributed by atoms with van der Waals surface area (Å²) in [5.74, 6) is -1.80. The number of hydrogen-bond donors (Lipinski definition) is 1. The molecular formula is C24H20F2N2O4. The number of pyridine rings is 1. The van der Waals surface area contributed by atoms with Crippen LogP contribution in [-0.2, 0) is 11.3 Å². The summed E-state index contributed by atoms with van der Waals surface area (Å²) in [5, 5.41) is 10.7. The van der Waals surface area contributed by atoms with E-state index in [2.05, 4.69) is 4.98 Å². The first-order valence-corrected chi connectivity index (χ1v) is 9.90. The van der Waals surface area contributed by atoms with Crippen molar-refractivity contribution in [2.75, 3.05) is 13.7 Å². The highest BCUT2D eigenvalue weighted by Crippen LogP contribution is 2.40. The molecule has 0 aliphatic carbocycles. The zero-order valence-corrected chi connectivity index (χ0v) is 17.4. The lowest BCUT2D eigenvalue weighted by molar-refractivity contribution is 0.0516. The molecule has 0 amide bonds. The van der Waals surface area contributed by atoms with Crippen molar-refractivity contribution < 1.29 is 28.2 Å². The zero-order valence-electron chi connectivity index (χ0n) is 17.4. The van der Waals surface area contributed by atoms with Crippen LogP contribution in [0.1, 0.15) is 23.0 Å². The van der Waals surface area contributed by atoms with Gasteiger partial charge in [-0.25, -0.2) is 18.6 Å². The van der Waals surface area contributed by atoms with Crippen molar-refractivity contribution in [1.29, 1.82) is 0 Å². The van der Waals surface area contributed by atoms with Crippen molar-refractivity contribution in [2.24, 2.45) is 0 Å². The highest BCUT2D eigenvalue weighted by atomic mass is 19.1. The van der Waals surface area contributed by atoms with Crippen molar-refractivity contribution in [1.82, 2.24) is 9.55 Å². The normalized spacial score (nSPS) is 11.0. The maximum atomic E-state index is 14.5. The first-order chi connectivity index (χ1) is 15.4. The van der Waals surface area contributed by atoms with E-state index < -0.39 is 17.6 Å². The molecule has 2 heterocycles. The number of phenolic OH excluding ortho intramolecular Hbond substituents is 1. The summed E-state index contributed by atoms with van der Waals surface area (Å²) in [7, 11) is 1.46. The van der Waals surface area contributed by atoms with Gasteiger partial charge in [0, 0.05) is 39.9 Å². The highest BCUT2D eigenvalue weighted by molar-refractivity contribution is 6.09. The lowest BCUT2D eigenvalue weighted by Crippen LogP contribution is -2.15. The van der Waals surface area contributed by atoms with Crippen molar-refractivity contribution in [3.05, 3.63) is 77.6 Å². The number of ether oxygens (including phenoxy) is 2. The van der Waals surface area contributed by atoms with Crippen LogP contribution in [-0.4, -0.2) is 34.3 Å². The van der Waals surface area contributed by atoms with Gasteiger partial charge in [-0.15, -0.1) is 0 Å². The summed E-state index contributed by atoms with van der Waals surface area (Å²) in [6, 6.07) is 11.3. The van der Waals surface area contributed by atoms with Gasteiger partial charge >= 0.3 is 5.97 Å². The number of aromatic hydroxyl groups is 1. The monoisotopic (exact) mass is 438 g/mol. The number of hydrogen-bond acceptors (Lipinski definition) is 5. The van der Waals surface area contributed by atoms with Crippen molar-refractivity contribution >= 4 is 16.9 Å². The quantitative estimate of drug-likeness (QED) is 0.433. The van der Waals surface area contributed by atoms with Crippen molar-refractivity contribution in [2.45, 2.75) is 13.5 Å². The van der Waals surface area contributed by atoms with E-state index in [9.17, 15) is 18.7 Å². The second-order valence-electron chi connectivity index (χ2n) is 7.03. The van der Waals surface area contributed by atoms with Crippen LogP contribution < -0.4 is 4.74 Å². The Morgan fingerprint density at radius 1 is 1.16 bits per heavy atom. The number of methoxy groups -OCH3 is 1. The van der Waals surface area contributed by atoms with E-state index in [4.69, 9.17) is 9.47 Å². The first-order valence-electron chi connectivity index (χ1n) is 9.90. The van der Waals surface area contributed by atoms with Crippen LogP contribution in [0.15, 0.2) is 54.7 Å². The predicted molar refractivity (Wildman–Crippen MR) is 115 cm³/mol. The fraction of sp³-hybridized carbons (Fsp3) is 0.167. The molecule has 0 saturated carbocycles. The summed E-state index contributed by atoms with van der Waals surface area (Å²) < 4.78 is 40.2. The van der Waals surface area contributed by atoms with Crippen molar-refractivity contribution in [3.8, 4) is 22.8 Å². The van der Waals surface area contributed by atoms with Crippen LogP contribution in [0.25, 0.3) is 22.0 Å². The molecule has 0 atom stereocenters. The fourth-order valence-corrected chi connectivity index (χ4v) is 3.76. The molecule has 0 radical (unpaired) electrons. The van der Waals surface area contributed by atoms with Crippen LogP contribution in [0.4, 0.5) is 8.78 Å². The lowest BCUT2D eigenvalue weighted by Gasteiger charge is -2.13. The number of carbonyl (C=O) groups is 1. The molecule has 1 N–H and O–H groups in total. The van der Waals surface area contributed by atoms with E-state index in [0.717, 1.165) is 12.1 Å². The minimum Gasteiger partial charge on any atom is -0.508 e. The number of benzene rings is 2. The van der Waals surface area contributed by atoms with Crippen LogP contribution in [0, 0.1) is 11.6 Å². The average Bonchev–Trinajstić information content (AvgIpc) is 3.08. The standard InChI is InChI=1S/C24H20F2N2O4/c1-3-32-24(30)22-21(17-5-4-10-27-23(17)31-2)18-12-16(29)8-9-20(18)28(22)13-14-6-7-15(25)11-19(14)26/h4-12,29H,3,13H2,1-2H3. The number of aromatic nitrogens is 2. The molecule has 0 aliphatic heterocycles. The lowest BCUT2D eigenvalue weighted by atomic mass is 10.0. The Balaban J connectivity index is 2.06. The fourth-order valence-electron chi connectivity index (χ4n) is 3.76. The molecule has 0 spiro atoms. The molecule has 0 bridgehead atoms. The SMILES string of the molecule is CCOC(=O)c1c(-c2cccnc2OC)c2cc(O)ccc2n1Cc1ccc(F)cc1F. The molecule has 0 unspecified atom stereocenters. The largest absolute Gasteiger partial charge is 0.508 e. The number of phenols is 1. The predicted octanol–water partition coefficient (Wildman–Crippen LogP) is 4.92. The van der Waals surface area contributed by atoms with E-state index in [-0.39, 0.29) is 36.0 Å². The molecule has 0 aliphatic rings. The summed E-state index contributed by atoms with van der Waals surface area (Å²) in [6.07, 6.45) is 1.55. The van der Waals surface area contributed by atoms with E-state index in [1.807, 2.05) is 0 Å². The molecule has 0 saturated heterocycles. The molecule has 164 valence electrons. The summed E-state index contributed by atoms with van der Waals surface area (Å²) in [6.45, 7) is 1.74. The minimum atomic E-state index is -0.735. The number of halogens is 2. The maximum Gasteiger partial charge on any atom is 0.355 e. The van der Waals surface area contributed by atoms with Gasteiger partial charge in [-0.3, -0.25) is 0 Å². The van der Waals surface area contributed by atoms with Gasteiger partial charge in [0.15, 0.2) is 0 Å². The Labute approximate surface area is 182 Å². The third-order valence-electron chi connectivity index (χ3n) is 5.09. The average molecular weight is 438 g/mol. The Morgan fingerprint density at radius 2 is 1.97 bits per heavy atom. The van der Waals surface area contributed by atoms with Gasteiger partial charge in [-0.1, -0.05) is 6.07 Å². The Kier molecular flexibility index (Phi) is 5.77. The Morgan fingerprint density at radius 3 is 2.69 bits per heavy atom. The second kappa shape index (κ2) is 8.66. The first kappa shape index (κ1) is 21.3. The van der Waals surface area contributed by atoms with Crippen LogP contribution >= 0.6 is 0 Å². The van der Waals surface area contributed by atoms with Crippen LogP contribution in [0.3, 0.4) is 0 Å². The second-order valence-corrected chi connectivity index (χ2v) is 7.03. The summed E-state index contributed by atoms with van der Waals surface area (Å²) >= 11 is 0. The number of esters is 1. The third-order valence-corrected chi connectivity index (χ3v) is 5.09. The van der Waals surface area contributed by atoms with Crippen LogP contribution in [0.2, 0.25) is 0 Å². The number of carbonyl (C=O) groups excluding carboxylic acids is 1. The highest BCUT2D eigenvalue weighted by Gasteiger charge is 2.28. The molecule has 4 rings (SSSR count). The molecular weight excluding hydrogens is 418 g/mol. The molecule has 2 aromatic heterocycles. The Bertz CT molecular complexity index is 1320. The molecule has 6 nitrogen and oxygen atoms in total. The minimum absolute atomic E-state index is 0.0119. The van der Waals surface area contributed by atoms with Gasteiger partial charge in [-0.05, 0) is 43.3 Å². The van der Waals surface area contributed by atoms with Gasteiger partial charge in [0.25, 0.3) is 0 Å². The van der Waals surface area contributed by atoms with Gasteiger partial charge in [0.2, 0.25) is 5.88 Å². The number of nitrogens with zero attached hydrogens (tertiary/aromatic N) is 2. The number of fused-ring (bicyclic) bond motifs is 1. The van der Waals surface area contributed by atoms with Gasteiger partial charge in [0.05, 0.1) is 20.3 Å². The van der Waals surface area contributed by atoms with E-state index in [1.165, 1.54) is 25.3 Å². The molecule has 32 heavy (non-hydrogen) atoms. The number of rotatable bonds is 6. The van der Waals surface area contributed by atoms with E-state index >= 15 is 0 Å². The topological polar surface area (TPSA) is 73.6 Å².